The minimum absolute atomic E-state index is 0.0550. The molecule has 154 valence electrons. The summed E-state index contributed by atoms with van der Waals surface area (Å²) < 4.78 is 18.8. The van der Waals surface area contributed by atoms with Crippen molar-refractivity contribution in [2.45, 2.75) is 31.4 Å². The fourth-order valence-corrected chi connectivity index (χ4v) is 3.88. The lowest BCUT2D eigenvalue weighted by atomic mass is 9.94. The lowest BCUT2D eigenvalue weighted by Gasteiger charge is -2.26. The number of rotatable bonds is 6. The van der Waals surface area contributed by atoms with Gasteiger partial charge in [0.05, 0.1) is 0 Å². The Morgan fingerprint density at radius 3 is 2.40 bits per heavy atom. The van der Waals surface area contributed by atoms with Crippen molar-refractivity contribution in [2.75, 3.05) is 4.90 Å². The molecule has 0 radical (unpaired) electrons. The molecule has 2 N–H and O–H groups in total. The van der Waals surface area contributed by atoms with Gasteiger partial charge in [-0.25, -0.2) is 9.18 Å². The average Bonchev–Trinajstić information content (AvgIpc) is 3.06. The van der Waals surface area contributed by atoms with Crippen LogP contribution in [-0.2, 0) is 11.2 Å². The van der Waals surface area contributed by atoms with Crippen molar-refractivity contribution in [2.24, 2.45) is 0 Å². The van der Waals surface area contributed by atoms with Crippen LogP contribution in [0.4, 0.5) is 14.9 Å². The predicted molar refractivity (Wildman–Crippen MR) is 111 cm³/mol. The molecule has 0 bridgehead atoms. The summed E-state index contributed by atoms with van der Waals surface area (Å²) in [7, 11) is 0. The Morgan fingerprint density at radius 1 is 0.967 bits per heavy atom. The van der Waals surface area contributed by atoms with E-state index in [1.165, 1.54) is 29.2 Å². The summed E-state index contributed by atoms with van der Waals surface area (Å²) in [6, 6.07) is 19.3. The lowest BCUT2D eigenvalue weighted by Crippen LogP contribution is -2.29. The van der Waals surface area contributed by atoms with Crippen molar-refractivity contribution < 1.29 is 24.1 Å². The van der Waals surface area contributed by atoms with Gasteiger partial charge in [-0.05, 0) is 61.2 Å². The number of para-hydroxylation sites is 1. The van der Waals surface area contributed by atoms with E-state index in [0.717, 1.165) is 12.0 Å². The number of carbonyl (C=O) groups is 1. The second-order valence-corrected chi connectivity index (χ2v) is 7.33. The smallest absolute Gasteiger partial charge is 0.415 e. The molecule has 1 amide bonds. The highest BCUT2D eigenvalue weighted by Gasteiger charge is 2.44. The first kappa shape index (κ1) is 19.8. The first-order valence-corrected chi connectivity index (χ1v) is 9.84. The zero-order valence-corrected chi connectivity index (χ0v) is 16.2. The van der Waals surface area contributed by atoms with Crippen molar-refractivity contribution in [1.82, 2.24) is 0 Å². The van der Waals surface area contributed by atoms with Gasteiger partial charge in [0.25, 0.3) is 0 Å². The summed E-state index contributed by atoms with van der Waals surface area (Å²) in [6.45, 7) is 0. The van der Waals surface area contributed by atoms with Crippen LogP contribution in [0.5, 0.6) is 11.5 Å². The number of hydrogen-bond donors (Lipinski definition) is 2. The number of carbonyl (C=O) groups excluding carboxylic acids is 1. The maximum Gasteiger partial charge on any atom is 0.415 e. The number of halogens is 1. The highest BCUT2D eigenvalue weighted by atomic mass is 19.1. The van der Waals surface area contributed by atoms with E-state index >= 15 is 0 Å². The molecule has 1 heterocycles. The fraction of sp³-hybridized carbons (Fsp3) is 0.208. The van der Waals surface area contributed by atoms with Gasteiger partial charge in [0, 0.05) is 17.3 Å². The van der Waals surface area contributed by atoms with Crippen molar-refractivity contribution >= 4 is 11.8 Å². The number of anilines is 1. The molecule has 6 heteroatoms. The third-order valence-corrected chi connectivity index (χ3v) is 5.31. The molecule has 3 aromatic rings. The van der Waals surface area contributed by atoms with Crippen LogP contribution in [0.1, 0.15) is 30.0 Å². The van der Waals surface area contributed by atoms with Crippen LogP contribution in [0, 0.1) is 5.82 Å². The van der Waals surface area contributed by atoms with Gasteiger partial charge in [0.15, 0.2) is 0 Å². The SMILES string of the molecule is O=C1O[C@H](CCCc2ccc(F)cc2)[C@@H](c2ccc(O)cc2O)N1c1ccccc1. The Bertz CT molecular complexity index is 1020. The lowest BCUT2D eigenvalue weighted by molar-refractivity contribution is 0.124. The number of ether oxygens (including phenoxy) is 1. The normalized spacial score (nSPS) is 18.4. The molecule has 0 aromatic heterocycles. The molecule has 0 saturated carbocycles. The van der Waals surface area contributed by atoms with Crippen LogP contribution < -0.4 is 4.90 Å². The number of aryl methyl sites for hydroxylation is 1. The van der Waals surface area contributed by atoms with Gasteiger partial charge in [-0.2, -0.15) is 0 Å². The number of aromatic hydroxyl groups is 2. The average molecular weight is 407 g/mol. The third kappa shape index (κ3) is 4.08. The van der Waals surface area contributed by atoms with E-state index in [9.17, 15) is 19.4 Å². The van der Waals surface area contributed by atoms with Gasteiger partial charge < -0.3 is 14.9 Å². The number of cyclic esters (lactones) is 1. The van der Waals surface area contributed by atoms with Crippen LogP contribution in [0.3, 0.4) is 0 Å². The van der Waals surface area contributed by atoms with E-state index in [4.69, 9.17) is 4.74 Å². The predicted octanol–water partition coefficient (Wildman–Crippen LogP) is 5.33. The molecular weight excluding hydrogens is 385 g/mol. The molecule has 1 aliphatic rings. The van der Waals surface area contributed by atoms with Gasteiger partial charge in [-0.15, -0.1) is 0 Å². The standard InChI is InChI=1S/C24H22FNO4/c25-17-11-9-16(10-12-17)5-4-8-22-23(20-14-13-19(27)15-21(20)28)26(24(29)30-22)18-6-2-1-3-7-18/h1-3,6-7,9-15,22-23,27-28H,4-5,8H2/t22-,23-/m1/s1. The van der Waals surface area contributed by atoms with Gasteiger partial charge in [-0.1, -0.05) is 30.3 Å². The first-order chi connectivity index (χ1) is 14.5. The first-order valence-electron chi connectivity index (χ1n) is 9.84. The maximum atomic E-state index is 13.1. The molecule has 1 aliphatic heterocycles. The quantitative estimate of drug-likeness (QED) is 0.580. The second kappa shape index (κ2) is 8.45. The molecule has 1 fully saturated rings. The minimum atomic E-state index is -0.534. The van der Waals surface area contributed by atoms with Crippen molar-refractivity contribution in [1.29, 1.82) is 0 Å². The molecule has 5 nitrogen and oxygen atoms in total. The fourth-order valence-electron chi connectivity index (χ4n) is 3.88. The number of amides is 1. The monoisotopic (exact) mass is 407 g/mol. The molecule has 4 rings (SSSR count). The van der Waals surface area contributed by atoms with Crippen molar-refractivity contribution in [3.63, 3.8) is 0 Å². The molecule has 0 spiro atoms. The molecule has 30 heavy (non-hydrogen) atoms. The summed E-state index contributed by atoms with van der Waals surface area (Å²) in [5.41, 5.74) is 2.18. The summed E-state index contributed by atoms with van der Waals surface area (Å²) in [4.78, 5) is 14.3. The van der Waals surface area contributed by atoms with Crippen LogP contribution in [0.25, 0.3) is 0 Å². The summed E-state index contributed by atoms with van der Waals surface area (Å²) in [6.07, 6.45) is 1.05. The Morgan fingerprint density at radius 2 is 1.70 bits per heavy atom. The van der Waals surface area contributed by atoms with Crippen molar-refractivity contribution in [3.8, 4) is 11.5 Å². The number of benzene rings is 3. The minimum Gasteiger partial charge on any atom is -0.508 e. The van der Waals surface area contributed by atoms with E-state index in [-0.39, 0.29) is 17.3 Å². The van der Waals surface area contributed by atoms with Crippen LogP contribution in [-0.4, -0.2) is 22.4 Å². The van der Waals surface area contributed by atoms with Gasteiger partial charge >= 0.3 is 6.09 Å². The topological polar surface area (TPSA) is 70.0 Å². The summed E-state index contributed by atoms with van der Waals surface area (Å²) in [5, 5.41) is 20.1. The van der Waals surface area contributed by atoms with E-state index in [1.54, 1.807) is 18.2 Å². The second-order valence-electron chi connectivity index (χ2n) is 7.33. The number of phenols is 2. The molecule has 2 atom stereocenters. The van der Waals surface area contributed by atoms with Gasteiger partial charge in [-0.3, -0.25) is 4.90 Å². The Labute approximate surface area is 174 Å². The molecule has 1 saturated heterocycles. The van der Waals surface area contributed by atoms with Crippen LogP contribution in [0.2, 0.25) is 0 Å². The molecule has 3 aromatic carbocycles. The molecule has 0 aliphatic carbocycles. The van der Waals surface area contributed by atoms with Crippen LogP contribution >= 0.6 is 0 Å². The number of nitrogens with zero attached hydrogens (tertiary/aromatic N) is 1. The highest BCUT2D eigenvalue weighted by molar-refractivity contribution is 5.91. The van der Waals surface area contributed by atoms with Gasteiger partial charge in [0.2, 0.25) is 0 Å². The van der Waals surface area contributed by atoms with Crippen LogP contribution in [0.15, 0.2) is 72.8 Å². The third-order valence-electron chi connectivity index (χ3n) is 5.31. The van der Waals surface area contributed by atoms with Crippen molar-refractivity contribution in [3.05, 3.63) is 89.7 Å². The molecular formula is C24H22FNO4. The Kier molecular flexibility index (Phi) is 5.57. The Hall–Kier alpha value is -3.54. The highest BCUT2D eigenvalue weighted by Crippen LogP contribution is 2.42. The maximum absolute atomic E-state index is 13.1. The zero-order chi connectivity index (χ0) is 21.1. The van der Waals surface area contributed by atoms with E-state index in [2.05, 4.69) is 0 Å². The Balaban J connectivity index is 1.59. The summed E-state index contributed by atoms with van der Waals surface area (Å²) >= 11 is 0. The van der Waals surface area contributed by atoms with E-state index in [0.29, 0.717) is 24.1 Å². The number of hydrogen-bond acceptors (Lipinski definition) is 4. The molecule has 0 unspecified atom stereocenters. The van der Waals surface area contributed by atoms with E-state index in [1.807, 2.05) is 30.3 Å². The zero-order valence-electron chi connectivity index (χ0n) is 16.2. The largest absolute Gasteiger partial charge is 0.508 e. The van der Waals surface area contributed by atoms with E-state index < -0.39 is 18.2 Å². The van der Waals surface area contributed by atoms with Gasteiger partial charge in [0.1, 0.15) is 29.5 Å². The number of phenolic OH excluding ortho intramolecular Hbond substituents is 2. The summed E-state index contributed by atoms with van der Waals surface area (Å²) in [5.74, 6) is -0.423.